The highest BCUT2D eigenvalue weighted by atomic mass is 19.1. The summed E-state index contributed by atoms with van der Waals surface area (Å²) in [6, 6.07) is 7.81. The van der Waals surface area contributed by atoms with Crippen LogP contribution in [0.2, 0.25) is 0 Å². The van der Waals surface area contributed by atoms with E-state index in [-0.39, 0.29) is 5.46 Å². The van der Waals surface area contributed by atoms with E-state index in [1.165, 1.54) is 6.07 Å². The molecule has 1 aromatic heterocycles. The second kappa shape index (κ2) is 6.22. The molecule has 2 aromatic rings. The largest absolute Gasteiger partial charge is 0.488 e. The number of nitrogens with zero attached hydrogens (tertiary/aromatic N) is 1. The predicted molar refractivity (Wildman–Crippen MR) is 74.8 cm³/mol. The van der Waals surface area contributed by atoms with Crippen molar-refractivity contribution >= 4 is 12.6 Å². The van der Waals surface area contributed by atoms with E-state index in [0.29, 0.717) is 18.7 Å². The molecule has 0 aliphatic carbocycles. The van der Waals surface area contributed by atoms with Gasteiger partial charge in [0.1, 0.15) is 17.3 Å². The summed E-state index contributed by atoms with van der Waals surface area (Å²) in [6.07, 6.45) is 0. The molecular weight excluding hydrogens is 260 g/mol. The van der Waals surface area contributed by atoms with Crippen molar-refractivity contribution in [3.8, 4) is 0 Å². The fourth-order valence-corrected chi connectivity index (χ4v) is 2.13. The molecule has 2 rings (SSSR count). The van der Waals surface area contributed by atoms with Gasteiger partial charge in [0, 0.05) is 6.54 Å². The maximum atomic E-state index is 13.1. The molecule has 0 fully saturated rings. The van der Waals surface area contributed by atoms with Crippen LogP contribution in [0.5, 0.6) is 0 Å². The van der Waals surface area contributed by atoms with Crippen molar-refractivity contribution in [3.05, 3.63) is 53.2 Å². The highest BCUT2D eigenvalue weighted by molar-refractivity contribution is 6.59. The van der Waals surface area contributed by atoms with Gasteiger partial charge in [0.2, 0.25) is 0 Å². The lowest BCUT2D eigenvalue weighted by Crippen LogP contribution is -2.35. The minimum atomic E-state index is -1.68. The average molecular weight is 277 g/mol. The Bertz CT molecular complexity index is 586. The van der Waals surface area contributed by atoms with E-state index in [0.717, 1.165) is 17.6 Å². The van der Waals surface area contributed by atoms with Crippen molar-refractivity contribution in [2.24, 2.45) is 0 Å². The number of furan rings is 1. The minimum Gasteiger partial charge on any atom is -0.465 e. The number of rotatable bonds is 5. The summed E-state index contributed by atoms with van der Waals surface area (Å²) in [6.45, 7) is 2.93. The highest BCUT2D eigenvalue weighted by Gasteiger charge is 2.18. The maximum Gasteiger partial charge on any atom is 0.488 e. The van der Waals surface area contributed by atoms with Crippen LogP contribution in [0.15, 0.2) is 34.7 Å². The monoisotopic (exact) mass is 277 g/mol. The van der Waals surface area contributed by atoms with E-state index >= 15 is 0 Å². The molecule has 0 aliphatic rings. The Balaban J connectivity index is 2.09. The number of hydrogen-bond acceptors (Lipinski definition) is 4. The van der Waals surface area contributed by atoms with Gasteiger partial charge in [-0.05, 0) is 49.3 Å². The zero-order chi connectivity index (χ0) is 14.7. The standard InChI is InChI=1S/C14H17BFNO3/c1-10-3-6-13(20-10)9-17(2)8-11-4-5-12(16)7-14(11)15(18)19/h3-7,18-19H,8-9H2,1-2H3. The van der Waals surface area contributed by atoms with Gasteiger partial charge in [-0.15, -0.1) is 0 Å². The molecule has 0 saturated carbocycles. The van der Waals surface area contributed by atoms with E-state index in [9.17, 15) is 14.4 Å². The normalized spacial score (nSPS) is 11.1. The summed E-state index contributed by atoms with van der Waals surface area (Å²) in [5, 5.41) is 18.6. The summed E-state index contributed by atoms with van der Waals surface area (Å²) in [7, 11) is 0.203. The average Bonchev–Trinajstić information content (AvgIpc) is 2.76. The van der Waals surface area contributed by atoms with Crippen LogP contribution in [0.1, 0.15) is 17.1 Å². The first-order valence-electron chi connectivity index (χ1n) is 6.34. The molecule has 0 radical (unpaired) electrons. The molecule has 0 spiro atoms. The first-order valence-corrected chi connectivity index (χ1v) is 6.34. The summed E-state index contributed by atoms with van der Waals surface area (Å²) < 4.78 is 18.6. The fourth-order valence-electron chi connectivity index (χ4n) is 2.13. The SMILES string of the molecule is Cc1ccc(CN(C)Cc2ccc(F)cc2B(O)O)o1. The number of hydrogen-bond donors (Lipinski definition) is 2. The third-order valence-corrected chi connectivity index (χ3v) is 3.05. The Kier molecular flexibility index (Phi) is 4.59. The Morgan fingerprint density at radius 1 is 1.20 bits per heavy atom. The topological polar surface area (TPSA) is 56.8 Å². The Labute approximate surface area is 117 Å². The van der Waals surface area contributed by atoms with Gasteiger partial charge >= 0.3 is 7.12 Å². The molecule has 0 aliphatic heterocycles. The molecule has 4 nitrogen and oxygen atoms in total. The van der Waals surface area contributed by atoms with E-state index < -0.39 is 12.9 Å². The molecule has 0 saturated heterocycles. The van der Waals surface area contributed by atoms with E-state index in [1.807, 2.05) is 31.0 Å². The molecule has 1 heterocycles. The maximum absolute atomic E-state index is 13.1. The van der Waals surface area contributed by atoms with Crippen LogP contribution in [0.4, 0.5) is 4.39 Å². The molecule has 0 atom stereocenters. The van der Waals surface area contributed by atoms with E-state index in [1.54, 1.807) is 6.07 Å². The number of halogens is 1. The lowest BCUT2D eigenvalue weighted by Gasteiger charge is -2.17. The van der Waals surface area contributed by atoms with Gasteiger partial charge in [-0.2, -0.15) is 0 Å². The minimum absolute atomic E-state index is 0.187. The molecule has 0 unspecified atom stereocenters. The van der Waals surface area contributed by atoms with Crippen LogP contribution in [-0.4, -0.2) is 29.1 Å². The lowest BCUT2D eigenvalue weighted by molar-refractivity contribution is 0.285. The molecule has 6 heteroatoms. The van der Waals surface area contributed by atoms with Crippen LogP contribution < -0.4 is 5.46 Å². The first kappa shape index (κ1) is 14.8. The van der Waals surface area contributed by atoms with Crippen LogP contribution in [0.25, 0.3) is 0 Å². The molecule has 0 amide bonds. The van der Waals surface area contributed by atoms with Crippen LogP contribution >= 0.6 is 0 Å². The van der Waals surface area contributed by atoms with Crippen molar-refractivity contribution < 1.29 is 18.9 Å². The number of benzene rings is 1. The molecular formula is C14H17BFNO3. The summed E-state index contributed by atoms with van der Waals surface area (Å²) >= 11 is 0. The Hall–Kier alpha value is -1.63. The number of aryl methyl sites for hydroxylation is 1. The summed E-state index contributed by atoms with van der Waals surface area (Å²) in [5.74, 6) is 1.20. The van der Waals surface area contributed by atoms with Gasteiger partial charge in [0.25, 0.3) is 0 Å². The summed E-state index contributed by atoms with van der Waals surface area (Å²) in [5.41, 5.74) is 0.861. The first-order chi connectivity index (χ1) is 9.45. The van der Waals surface area contributed by atoms with Gasteiger partial charge < -0.3 is 14.5 Å². The van der Waals surface area contributed by atoms with Crippen molar-refractivity contribution in [3.63, 3.8) is 0 Å². The van der Waals surface area contributed by atoms with Gasteiger partial charge in [0.15, 0.2) is 0 Å². The van der Waals surface area contributed by atoms with E-state index in [2.05, 4.69) is 0 Å². The smallest absolute Gasteiger partial charge is 0.465 e. The molecule has 106 valence electrons. The zero-order valence-electron chi connectivity index (χ0n) is 11.5. The Morgan fingerprint density at radius 3 is 2.55 bits per heavy atom. The van der Waals surface area contributed by atoms with Crippen molar-refractivity contribution in [1.29, 1.82) is 0 Å². The van der Waals surface area contributed by atoms with Crippen LogP contribution in [0, 0.1) is 12.7 Å². The molecule has 20 heavy (non-hydrogen) atoms. The van der Waals surface area contributed by atoms with E-state index in [4.69, 9.17) is 4.42 Å². The predicted octanol–water partition coefficient (Wildman–Crippen LogP) is 1.04. The van der Waals surface area contributed by atoms with Crippen molar-refractivity contribution in [2.45, 2.75) is 20.0 Å². The Morgan fingerprint density at radius 2 is 1.95 bits per heavy atom. The van der Waals surface area contributed by atoms with Crippen molar-refractivity contribution in [1.82, 2.24) is 4.90 Å². The third kappa shape index (κ3) is 3.69. The van der Waals surface area contributed by atoms with Gasteiger partial charge in [-0.25, -0.2) is 4.39 Å². The molecule has 1 aromatic carbocycles. The van der Waals surface area contributed by atoms with Crippen LogP contribution in [0.3, 0.4) is 0 Å². The second-order valence-electron chi connectivity index (χ2n) is 4.90. The molecule has 0 bridgehead atoms. The molecule has 2 N–H and O–H groups in total. The van der Waals surface area contributed by atoms with Crippen LogP contribution in [-0.2, 0) is 13.1 Å². The van der Waals surface area contributed by atoms with Gasteiger partial charge in [0.05, 0.1) is 6.54 Å². The van der Waals surface area contributed by atoms with Gasteiger partial charge in [-0.3, -0.25) is 4.90 Å². The summed E-state index contributed by atoms with van der Waals surface area (Å²) in [4.78, 5) is 1.96. The third-order valence-electron chi connectivity index (χ3n) is 3.05. The highest BCUT2D eigenvalue weighted by Crippen LogP contribution is 2.11. The van der Waals surface area contributed by atoms with Crippen molar-refractivity contribution in [2.75, 3.05) is 7.05 Å². The fraction of sp³-hybridized carbons (Fsp3) is 0.286. The lowest BCUT2D eigenvalue weighted by atomic mass is 9.77. The quantitative estimate of drug-likeness (QED) is 0.802. The second-order valence-corrected chi connectivity index (χ2v) is 4.90. The zero-order valence-corrected chi connectivity index (χ0v) is 11.5. The van der Waals surface area contributed by atoms with Gasteiger partial charge in [-0.1, -0.05) is 6.07 Å².